The van der Waals surface area contributed by atoms with Crippen LogP contribution in [0.3, 0.4) is 0 Å². The molecule has 0 radical (unpaired) electrons. The molecule has 1 aromatic rings. The average molecular weight is 494 g/mol. The summed E-state index contributed by atoms with van der Waals surface area (Å²) in [4.78, 5) is 7.20. The molecule has 1 aliphatic rings. The van der Waals surface area contributed by atoms with Crippen LogP contribution in [-0.4, -0.2) is 70.0 Å². The third-order valence-corrected chi connectivity index (χ3v) is 4.30. The molecule has 7 nitrogen and oxygen atoms in total. The van der Waals surface area contributed by atoms with Crippen molar-refractivity contribution in [3.8, 4) is 0 Å². The van der Waals surface area contributed by atoms with E-state index >= 15 is 0 Å². The number of morpholine rings is 1. The van der Waals surface area contributed by atoms with Crippen LogP contribution in [-0.2, 0) is 9.47 Å². The second-order valence-corrected chi connectivity index (χ2v) is 6.31. The summed E-state index contributed by atoms with van der Waals surface area (Å²) in [6.07, 6.45) is 0.961. The zero-order valence-electron chi connectivity index (χ0n) is 16.8. The van der Waals surface area contributed by atoms with Crippen molar-refractivity contribution < 1.29 is 13.9 Å². The van der Waals surface area contributed by atoms with E-state index in [4.69, 9.17) is 18.9 Å². The molecule has 156 valence electrons. The van der Waals surface area contributed by atoms with E-state index in [9.17, 15) is 0 Å². The van der Waals surface area contributed by atoms with E-state index in [1.165, 1.54) is 0 Å². The van der Waals surface area contributed by atoms with Crippen molar-refractivity contribution in [1.82, 2.24) is 15.5 Å². The summed E-state index contributed by atoms with van der Waals surface area (Å²) in [7, 11) is 0. The van der Waals surface area contributed by atoms with E-state index in [2.05, 4.69) is 28.5 Å². The van der Waals surface area contributed by atoms with Gasteiger partial charge in [-0.25, -0.2) is 0 Å². The lowest BCUT2D eigenvalue weighted by molar-refractivity contribution is 0.0135. The van der Waals surface area contributed by atoms with Gasteiger partial charge < -0.3 is 24.5 Å². The van der Waals surface area contributed by atoms with Gasteiger partial charge in [0.25, 0.3) is 0 Å². The summed E-state index contributed by atoms with van der Waals surface area (Å²) >= 11 is 0. The molecule has 8 heteroatoms. The maximum Gasteiger partial charge on any atom is 0.191 e. The molecule has 2 rings (SSSR count). The van der Waals surface area contributed by atoms with E-state index in [0.29, 0.717) is 6.54 Å². The lowest BCUT2D eigenvalue weighted by atomic mass is 10.1. The van der Waals surface area contributed by atoms with Gasteiger partial charge in [0.05, 0.1) is 25.8 Å². The molecule has 1 aliphatic heterocycles. The number of halogens is 1. The second-order valence-electron chi connectivity index (χ2n) is 6.31. The summed E-state index contributed by atoms with van der Waals surface area (Å²) in [6, 6.07) is 4.21. The highest BCUT2D eigenvalue weighted by Crippen LogP contribution is 2.24. The number of guanidine groups is 1. The van der Waals surface area contributed by atoms with Gasteiger partial charge >= 0.3 is 0 Å². The van der Waals surface area contributed by atoms with Gasteiger partial charge in [-0.05, 0) is 39.3 Å². The average Bonchev–Trinajstić information content (AvgIpc) is 3.08. The molecular weight excluding hydrogens is 459 g/mol. The van der Waals surface area contributed by atoms with E-state index in [1.807, 2.05) is 19.9 Å². The third kappa shape index (κ3) is 8.80. The fourth-order valence-corrected chi connectivity index (χ4v) is 2.95. The number of nitrogens with zero attached hydrogens (tertiary/aromatic N) is 2. The Bertz CT molecular complexity index is 533. The highest BCUT2D eigenvalue weighted by Gasteiger charge is 2.25. The Balaban J connectivity index is 0.00000364. The number of aliphatic imine (C=N–C) groups is 1. The van der Waals surface area contributed by atoms with E-state index < -0.39 is 0 Å². The minimum atomic E-state index is 0. The molecule has 0 saturated carbocycles. The first-order valence-corrected chi connectivity index (χ1v) is 9.72. The largest absolute Gasteiger partial charge is 0.465 e. The topological polar surface area (TPSA) is 71.3 Å². The molecule has 0 aliphatic carbocycles. The van der Waals surface area contributed by atoms with Gasteiger partial charge in [-0.2, -0.15) is 0 Å². The van der Waals surface area contributed by atoms with Crippen molar-refractivity contribution in [2.45, 2.75) is 33.2 Å². The van der Waals surface area contributed by atoms with E-state index in [1.54, 1.807) is 0 Å². The van der Waals surface area contributed by atoms with Crippen molar-refractivity contribution >= 4 is 29.9 Å². The van der Waals surface area contributed by atoms with Gasteiger partial charge in [0.2, 0.25) is 0 Å². The first kappa shape index (κ1) is 24.2. The number of hydrogen-bond donors (Lipinski definition) is 2. The number of furan rings is 1. The zero-order valence-corrected chi connectivity index (χ0v) is 19.2. The highest BCUT2D eigenvalue weighted by atomic mass is 127. The first-order valence-electron chi connectivity index (χ1n) is 9.72. The van der Waals surface area contributed by atoms with Gasteiger partial charge in [-0.1, -0.05) is 0 Å². The van der Waals surface area contributed by atoms with E-state index in [0.717, 1.165) is 76.5 Å². The molecule has 2 heterocycles. The number of aryl methyl sites for hydroxylation is 1. The molecule has 1 fully saturated rings. The maximum absolute atomic E-state index is 5.91. The SMILES string of the molecule is CCNC(=NCC(c1ccc(C)o1)N1CCOCC1)NCCCOCC.I. The molecule has 0 aromatic carbocycles. The van der Waals surface area contributed by atoms with Crippen molar-refractivity contribution in [2.24, 2.45) is 4.99 Å². The van der Waals surface area contributed by atoms with Gasteiger partial charge in [0.15, 0.2) is 5.96 Å². The minimum absolute atomic E-state index is 0. The Morgan fingerprint density at radius 3 is 2.67 bits per heavy atom. The summed E-state index contributed by atoms with van der Waals surface area (Å²) in [5.41, 5.74) is 0. The molecule has 27 heavy (non-hydrogen) atoms. The van der Waals surface area contributed by atoms with Crippen molar-refractivity contribution in [3.05, 3.63) is 23.7 Å². The summed E-state index contributed by atoms with van der Waals surface area (Å²) < 4.78 is 16.8. The fraction of sp³-hybridized carbons (Fsp3) is 0.737. The predicted molar refractivity (Wildman–Crippen MR) is 119 cm³/mol. The molecule has 1 saturated heterocycles. The quantitative estimate of drug-likeness (QED) is 0.226. The van der Waals surface area contributed by atoms with Gasteiger partial charge in [0.1, 0.15) is 11.5 Å². The standard InChI is InChI=1S/C19H34N4O3.HI/c1-4-20-19(21-9-6-12-24-5-2)22-15-17(18-8-7-16(3)26-18)23-10-13-25-14-11-23;/h7-8,17H,4-6,9-15H2,1-3H3,(H2,20,21,22);1H. The Hall–Kier alpha value is -0.840. The lowest BCUT2D eigenvalue weighted by Gasteiger charge is -2.32. The van der Waals surface area contributed by atoms with Gasteiger partial charge in [-0.3, -0.25) is 9.89 Å². The van der Waals surface area contributed by atoms with Crippen LogP contribution >= 0.6 is 24.0 Å². The van der Waals surface area contributed by atoms with Crippen LogP contribution in [0.4, 0.5) is 0 Å². The normalized spacial score (nSPS) is 16.6. The van der Waals surface area contributed by atoms with Crippen LogP contribution in [0.15, 0.2) is 21.5 Å². The molecule has 0 bridgehead atoms. The molecule has 0 spiro atoms. The van der Waals surface area contributed by atoms with Crippen LogP contribution in [0.25, 0.3) is 0 Å². The smallest absolute Gasteiger partial charge is 0.191 e. The number of hydrogen-bond acceptors (Lipinski definition) is 5. The predicted octanol–water partition coefficient (Wildman–Crippen LogP) is 2.56. The van der Waals surface area contributed by atoms with Crippen molar-refractivity contribution in [3.63, 3.8) is 0 Å². The van der Waals surface area contributed by atoms with Crippen LogP contribution < -0.4 is 10.6 Å². The van der Waals surface area contributed by atoms with Crippen LogP contribution in [0.5, 0.6) is 0 Å². The highest BCUT2D eigenvalue weighted by molar-refractivity contribution is 14.0. The third-order valence-electron chi connectivity index (χ3n) is 4.30. The first-order chi connectivity index (χ1) is 12.7. The Kier molecular flexibility index (Phi) is 12.7. The monoisotopic (exact) mass is 494 g/mol. The second kappa shape index (κ2) is 14.2. The van der Waals surface area contributed by atoms with Gasteiger partial charge in [0, 0.05) is 39.4 Å². The van der Waals surface area contributed by atoms with Crippen LogP contribution in [0, 0.1) is 6.92 Å². The molecule has 2 N–H and O–H groups in total. The summed E-state index contributed by atoms with van der Waals surface area (Å²) in [5.74, 6) is 2.74. The van der Waals surface area contributed by atoms with Gasteiger partial charge in [-0.15, -0.1) is 24.0 Å². The summed E-state index contributed by atoms with van der Waals surface area (Å²) in [5, 5.41) is 6.69. The molecule has 0 amide bonds. The fourth-order valence-electron chi connectivity index (χ4n) is 2.95. The van der Waals surface area contributed by atoms with Crippen molar-refractivity contribution in [1.29, 1.82) is 0 Å². The zero-order chi connectivity index (χ0) is 18.6. The Labute approximate surface area is 180 Å². The Morgan fingerprint density at radius 2 is 2.04 bits per heavy atom. The lowest BCUT2D eigenvalue weighted by Crippen LogP contribution is -2.42. The Morgan fingerprint density at radius 1 is 1.26 bits per heavy atom. The molecule has 1 aromatic heterocycles. The number of ether oxygens (including phenoxy) is 2. The molecule has 1 atom stereocenters. The molecular formula is C19H35IN4O3. The molecule has 1 unspecified atom stereocenters. The number of rotatable bonds is 10. The van der Waals surface area contributed by atoms with E-state index in [-0.39, 0.29) is 30.0 Å². The van der Waals surface area contributed by atoms with Crippen molar-refractivity contribution in [2.75, 3.05) is 59.2 Å². The number of nitrogens with one attached hydrogen (secondary N) is 2. The van der Waals surface area contributed by atoms with Crippen LogP contribution in [0.1, 0.15) is 37.8 Å². The van der Waals surface area contributed by atoms with Crippen LogP contribution in [0.2, 0.25) is 0 Å². The summed E-state index contributed by atoms with van der Waals surface area (Å²) in [6.45, 7) is 13.2. The minimum Gasteiger partial charge on any atom is -0.465 e. The maximum atomic E-state index is 5.91.